The number of ether oxygens (including phenoxy) is 1. The Labute approximate surface area is 111 Å². The smallest absolute Gasteiger partial charge is 0.167 e. The zero-order chi connectivity index (χ0) is 13.2. The highest BCUT2D eigenvalue weighted by molar-refractivity contribution is 5.40. The fraction of sp³-hybridized carbons (Fsp3) is 0.357. The highest BCUT2D eigenvalue weighted by Gasteiger charge is 2.20. The molecule has 100 valence electrons. The number of imidazole rings is 1. The standard InChI is InChI=1S/C14H16FN3O/c1-19-14-5-4-10(7-11(14)15)18-9-16-8-13(18)12-3-2-6-17-12/h4-5,7-9,12,17H,2-3,6H2,1H3. The van der Waals surface area contributed by atoms with Gasteiger partial charge in [-0.1, -0.05) is 0 Å². The number of methoxy groups -OCH3 is 1. The molecule has 1 atom stereocenters. The van der Waals surface area contributed by atoms with Gasteiger partial charge in [0.2, 0.25) is 0 Å². The Hall–Kier alpha value is -1.88. The number of halogens is 1. The van der Waals surface area contributed by atoms with Crippen molar-refractivity contribution < 1.29 is 9.13 Å². The minimum Gasteiger partial charge on any atom is -0.494 e. The molecule has 5 heteroatoms. The van der Waals surface area contributed by atoms with Crippen LogP contribution < -0.4 is 10.1 Å². The van der Waals surface area contributed by atoms with Crippen LogP contribution in [0.3, 0.4) is 0 Å². The average Bonchev–Trinajstić information content (AvgIpc) is 3.09. The summed E-state index contributed by atoms with van der Waals surface area (Å²) in [6, 6.07) is 5.24. The summed E-state index contributed by atoms with van der Waals surface area (Å²) in [6.45, 7) is 1.02. The molecular formula is C14H16FN3O. The molecule has 4 nitrogen and oxygen atoms in total. The van der Waals surface area contributed by atoms with Crippen molar-refractivity contribution in [2.24, 2.45) is 0 Å². The van der Waals surface area contributed by atoms with Gasteiger partial charge in [0.15, 0.2) is 11.6 Å². The van der Waals surface area contributed by atoms with Crippen LogP contribution in [0.15, 0.2) is 30.7 Å². The largest absolute Gasteiger partial charge is 0.494 e. The van der Waals surface area contributed by atoms with Crippen LogP contribution in [-0.2, 0) is 0 Å². The van der Waals surface area contributed by atoms with Crippen molar-refractivity contribution in [1.82, 2.24) is 14.9 Å². The molecule has 1 fully saturated rings. The van der Waals surface area contributed by atoms with Gasteiger partial charge in [0, 0.05) is 12.1 Å². The summed E-state index contributed by atoms with van der Waals surface area (Å²) >= 11 is 0. The lowest BCUT2D eigenvalue weighted by molar-refractivity contribution is 0.386. The van der Waals surface area contributed by atoms with Crippen LogP contribution in [0, 0.1) is 5.82 Å². The third-order valence-corrected chi connectivity index (χ3v) is 3.50. The first-order valence-corrected chi connectivity index (χ1v) is 6.39. The van der Waals surface area contributed by atoms with Gasteiger partial charge in [0.25, 0.3) is 0 Å². The summed E-state index contributed by atoms with van der Waals surface area (Å²) in [5.41, 5.74) is 1.83. The molecule has 0 aliphatic carbocycles. The van der Waals surface area contributed by atoms with Crippen molar-refractivity contribution in [3.8, 4) is 11.4 Å². The molecule has 3 rings (SSSR count). The number of aromatic nitrogens is 2. The lowest BCUT2D eigenvalue weighted by Crippen LogP contribution is -2.16. The Balaban J connectivity index is 1.98. The molecule has 1 aromatic heterocycles. The van der Waals surface area contributed by atoms with E-state index in [1.165, 1.54) is 13.2 Å². The van der Waals surface area contributed by atoms with Crippen molar-refractivity contribution >= 4 is 0 Å². The minimum atomic E-state index is -0.362. The van der Waals surface area contributed by atoms with E-state index in [4.69, 9.17) is 4.74 Å². The second kappa shape index (κ2) is 5.01. The molecule has 0 saturated carbocycles. The van der Waals surface area contributed by atoms with Crippen molar-refractivity contribution in [1.29, 1.82) is 0 Å². The van der Waals surface area contributed by atoms with E-state index in [-0.39, 0.29) is 11.6 Å². The summed E-state index contributed by atoms with van der Waals surface area (Å²) in [5.74, 6) is -0.108. The van der Waals surface area contributed by atoms with Crippen molar-refractivity contribution in [3.05, 3.63) is 42.2 Å². The lowest BCUT2D eigenvalue weighted by Gasteiger charge is -2.14. The van der Waals surface area contributed by atoms with Gasteiger partial charge in [-0.3, -0.25) is 0 Å². The van der Waals surface area contributed by atoms with Crippen LogP contribution in [-0.4, -0.2) is 23.2 Å². The van der Waals surface area contributed by atoms with E-state index < -0.39 is 0 Å². The maximum atomic E-state index is 13.8. The molecule has 0 radical (unpaired) electrons. The summed E-state index contributed by atoms with van der Waals surface area (Å²) in [7, 11) is 1.46. The number of hydrogen-bond donors (Lipinski definition) is 1. The van der Waals surface area contributed by atoms with E-state index in [0.29, 0.717) is 6.04 Å². The van der Waals surface area contributed by atoms with Crippen LogP contribution in [0.25, 0.3) is 5.69 Å². The van der Waals surface area contributed by atoms with Crippen LogP contribution in [0.4, 0.5) is 4.39 Å². The molecule has 1 aromatic carbocycles. The number of hydrogen-bond acceptors (Lipinski definition) is 3. The predicted octanol–water partition coefficient (Wildman–Crippen LogP) is 2.44. The second-order valence-corrected chi connectivity index (χ2v) is 4.66. The monoisotopic (exact) mass is 261 g/mol. The number of rotatable bonds is 3. The van der Waals surface area contributed by atoms with Gasteiger partial charge in [0.1, 0.15) is 0 Å². The Morgan fingerprint density at radius 1 is 1.47 bits per heavy atom. The van der Waals surface area contributed by atoms with Gasteiger partial charge in [-0.15, -0.1) is 0 Å². The molecule has 1 aliphatic rings. The Kier molecular flexibility index (Phi) is 3.21. The third-order valence-electron chi connectivity index (χ3n) is 3.50. The second-order valence-electron chi connectivity index (χ2n) is 4.66. The minimum absolute atomic E-state index is 0.254. The Bertz CT molecular complexity index is 576. The Morgan fingerprint density at radius 3 is 3.05 bits per heavy atom. The maximum absolute atomic E-state index is 13.8. The first kappa shape index (κ1) is 12.2. The summed E-state index contributed by atoms with van der Waals surface area (Å²) in [5, 5.41) is 3.43. The fourth-order valence-corrected chi connectivity index (χ4v) is 2.52. The van der Waals surface area contributed by atoms with E-state index in [0.717, 1.165) is 30.8 Å². The molecule has 0 amide bonds. The average molecular weight is 261 g/mol. The van der Waals surface area contributed by atoms with E-state index >= 15 is 0 Å². The van der Waals surface area contributed by atoms with Gasteiger partial charge in [-0.25, -0.2) is 9.37 Å². The van der Waals surface area contributed by atoms with Crippen molar-refractivity contribution in [2.45, 2.75) is 18.9 Å². The molecular weight excluding hydrogens is 245 g/mol. The SMILES string of the molecule is COc1ccc(-n2cncc2C2CCCN2)cc1F. The maximum Gasteiger partial charge on any atom is 0.167 e. The van der Waals surface area contributed by atoms with Crippen LogP contribution in [0.1, 0.15) is 24.6 Å². The molecule has 2 aromatic rings. The number of nitrogens with zero attached hydrogens (tertiary/aromatic N) is 2. The first-order chi connectivity index (χ1) is 9.29. The molecule has 1 aliphatic heterocycles. The molecule has 1 saturated heterocycles. The summed E-state index contributed by atoms with van der Waals surface area (Å²) in [6.07, 6.45) is 5.80. The van der Waals surface area contributed by atoms with Gasteiger partial charge in [0.05, 0.1) is 31.0 Å². The first-order valence-electron chi connectivity index (χ1n) is 6.39. The van der Waals surface area contributed by atoms with E-state index in [1.807, 2.05) is 16.8 Å². The van der Waals surface area contributed by atoms with Crippen molar-refractivity contribution in [3.63, 3.8) is 0 Å². The number of nitrogens with one attached hydrogen (secondary N) is 1. The fourth-order valence-electron chi connectivity index (χ4n) is 2.52. The molecule has 1 unspecified atom stereocenters. The molecule has 1 N–H and O–H groups in total. The van der Waals surface area contributed by atoms with Crippen molar-refractivity contribution in [2.75, 3.05) is 13.7 Å². The van der Waals surface area contributed by atoms with Gasteiger partial charge < -0.3 is 14.6 Å². The Morgan fingerprint density at radius 2 is 2.37 bits per heavy atom. The predicted molar refractivity (Wildman–Crippen MR) is 70.1 cm³/mol. The van der Waals surface area contributed by atoms with Crippen LogP contribution in [0.5, 0.6) is 5.75 Å². The summed E-state index contributed by atoms with van der Waals surface area (Å²) in [4.78, 5) is 4.18. The normalized spacial score (nSPS) is 18.7. The number of benzene rings is 1. The molecule has 19 heavy (non-hydrogen) atoms. The molecule has 0 bridgehead atoms. The highest BCUT2D eigenvalue weighted by atomic mass is 19.1. The van der Waals surface area contributed by atoms with E-state index in [2.05, 4.69) is 10.3 Å². The van der Waals surface area contributed by atoms with E-state index in [9.17, 15) is 4.39 Å². The zero-order valence-electron chi connectivity index (χ0n) is 10.8. The van der Waals surface area contributed by atoms with Gasteiger partial charge >= 0.3 is 0 Å². The third kappa shape index (κ3) is 2.21. The molecule has 2 heterocycles. The van der Waals surface area contributed by atoms with Crippen LogP contribution in [0.2, 0.25) is 0 Å². The summed E-state index contributed by atoms with van der Waals surface area (Å²) < 4.78 is 20.6. The highest BCUT2D eigenvalue weighted by Crippen LogP contribution is 2.26. The van der Waals surface area contributed by atoms with Crippen LogP contribution >= 0.6 is 0 Å². The van der Waals surface area contributed by atoms with Gasteiger partial charge in [-0.2, -0.15) is 0 Å². The van der Waals surface area contributed by atoms with E-state index in [1.54, 1.807) is 12.4 Å². The molecule has 0 spiro atoms. The van der Waals surface area contributed by atoms with Gasteiger partial charge in [-0.05, 0) is 31.5 Å². The zero-order valence-corrected chi connectivity index (χ0v) is 10.8. The quantitative estimate of drug-likeness (QED) is 0.922. The topological polar surface area (TPSA) is 39.1 Å². The lowest BCUT2D eigenvalue weighted by atomic mass is 10.1.